The molecule has 1 amide bonds. The smallest absolute Gasteiger partial charge is 0.240 e. The van der Waals surface area contributed by atoms with E-state index in [1.165, 1.54) is 5.56 Å². The molecule has 0 atom stereocenters. The number of rotatable bonds is 6. The predicted octanol–water partition coefficient (Wildman–Crippen LogP) is 3.67. The molecule has 6 nitrogen and oxygen atoms in total. The number of aryl methyl sites for hydroxylation is 2. The normalized spacial score (nSPS) is 12.8. The molecule has 2 aromatic carbocycles. The Kier molecular flexibility index (Phi) is 7.18. The Balaban J connectivity index is 1.31. The number of carbonyl (C=O) groups is 1. The molecular weight excluding hydrogens is 434 g/mol. The molecule has 1 aliphatic rings. The molecule has 0 unspecified atom stereocenters. The highest BCUT2D eigenvalue weighted by atomic mass is 32.2. The van der Waals surface area contributed by atoms with Gasteiger partial charge in [-0.3, -0.25) is 4.79 Å². The zero-order valence-electron chi connectivity index (χ0n) is 18.2. The summed E-state index contributed by atoms with van der Waals surface area (Å²) < 4.78 is 27.8. The quantitative estimate of drug-likeness (QED) is 0.551. The van der Waals surface area contributed by atoms with Gasteiger partial charge in [0.05, 0.1) is 4.90 Å². The van der Waals surface area contributed by atoms with E-state index in [-0.39, 0.29) is 23.8 Å². The molecular formula is C26H25N3O3S. The van der Waals surface area contributed by atoms with Crippen LogP contribution in [0.4, 0.5) is 5.69 Å². The number of amides is 1. The number of nitrogens with one attached hydrogen (secondary N) is 2. The first-order chi connectivity index (χ1) is 16.0. The summed E-state index contributed by atoms with van der Waals surface area (Å²) >= 11 is 0. The van der Waals surface area contributed by atoms with Crippen LogP contribution in [0.25, 0.3) is 0 Å². The number of sulfonamides is 1. The van der Waals surface area contributed by atoms with E-state index >= 15 is 0 Å². The van der Waals surface area contributed by atoms with Crippen LogP contribution < -0.4 is 10.0 Å². The number of hydrogen-bond donors (Lipinski definition) is 2. The van der Waals surface area contributed by atoms with E-state index in [1.54, 1.807) is 36.5 Å². The molecule has 0 saturated carbocycles. The van der Waals surface area contributed by atoms with Crippen LogP contribution in [-0.2, 0) is 27.7 Å². The molecule has 33 heavy (non-hydrogen) atoms. The maximum absolute atomic E-state index is 12.6. The second kappa shape index (κ2) is 10.4. The average molecular weight is 460 g/mol. The van der Waals surface area contributed by atoms with E-state index < -0.39 is 10.0 Å². The first-order valence-electron chi connectivity index (χ1n) is 10.9. The average Bonchev–Trinajstić information content (AvgIpc) is 2.83. The second-order valence-electron chi connectivity index (χ2n) is 7.88. The maximum Gasteiger partial charge on any atom is 0.240 e. The first kappa shape index (κ1) is 22.7. The van der Waals surface area contributed by atoms with Crippen molar-refractivity contribution in [3.05, 3.63) is 89.2 Å². The van der Waals surface area contributed by atoms with Gasteiger partial charge in [0, 0.05) is 30.4 Å². The molecule has 0 bridgehead atoms. The molecule has 7 heteroatoms. The van der Waals surface area contributed by atoms with Gasteiger partial charge in [0.15, 0.2) is 0 Å². The van der Waals surface area contributed by atoms with Crippen molar-refractivity contribution in [2.75, 3.05) is 11.9 Å². The van der Waals surface area contributed by atoms with E-state index in [2.05, 4.69) is 26.9 Å². The first-order valence-corrected chi connectivity index (χ1v) is 12.4. The minimum absolute atomic E-state index is 0.0183. The summed E-state index contributed by atoms with van der Waals surface area (Å²) in [6.45, 7) is 0.0183. The van der Waals surface area contributed by atoms with Crippen molar-refractivity contribution < 1.29 is 13.2 Å². The van der Waals surface area contributed by atoms with Crippen LogP contribution in [0.5, 0.6) is 0 Å². The van der Waals surface area contributed by atoms with Gasteiger partial charge in [-0.15, -0.1) is 0 Å². The summed E-state index contributed by atoms with van der Waals surface area (Å²) in [7, 11) is -3.66. The number of fused-ring (bicyclic) bond motifs is 1. The van der Waals surface area contributed by atoms with Gasteiger partial charge in [-0.25, -0.2) is 18.1 Å². The van der Waals surface area contributed by atoms with Crippen LogP contribution in [0.15, 0.2) is 71.8 Å². The van der Waals surface area contributed by atoms with Crippen LogP contribution in [0.3, 0.4) is 0 Å². The monoisotopic (exact) mass is 459 g/mol. The van der Waals surface area contributed by atoms with E-state index in [4.69, 9.17) is 0 Å². The third kappa shape index (κ3) is 6.28. The van der Waals surface area contributed by atoms with Crippen LogP contribution in [0.2, 0.25) is 0 Å². The topological polar surface area (TPSA) is 88.2 Å². The van der Waals surface area contributed by atoms with E-state index in [0.717, 1.165) is 36.8 Å². The van der Waals surface area contributed by atoms with Gasteiger partial charge in [0.1, 0.15) is 5.69 Å². The number of carbonyl (C=O) groups excluding carboxylic acids is 1. The summed E-state index contributed by atoms with van der Waals surface area (Å²) in [6, 6.07) is 18.0. The zero-order valence-corrected chi connectivity index (χ0v) is 19.0. The Morgan fingerprint density at radius 1 is 0.939 bits per heavy atom. The van der Waals surface area contributed by atoms with Crippen molar-refractivity contribution in [2.45, 2.75) is 37.0 Å². The molecule has 0 aliphatic heterocycles. The molecule has 0 saturated heterocycles. The van der Waals surface area contributed by atoms with Gasteiger partial charge >= 0.3 is 0 Å². The number of hydrogen-bond acceptors (Lipinski definition) is 4. The van der Waals surface area contributed by atoms with Crippen LogP contribution in [-0.4, -0.2) is 25.9 Å². The van der Waals surface area contributed by atoms with E-state index in [0.29, 0.717) is 11.4 Å². The molecule has 3 aromatic rings. The van der Waals surface area contributed by atoms with E-state index in [9.17, 15) is 13.2 Å². The fourth-order valence-corrected chi connectivity index (χ4v) is 4.81. The molecule has 1 heterocycles. The molecule has 168 valence electrons. The van der Waals surface area contributed by atoms with Gasteiger partial charge in [-0.05, 0) is 85.2 Å². The number of aromatic nitrogens is 1. The van der Waals surface area contributed by atoms with Crippen LogP contribution in [0.1, 0.15) is 41.6 Å². The third-order valence-corrected chi connectivity index (χ3v) is 6.88. The lowest BCUT2D eigenvalue weighted by Crippen LogP contribution is -2.28. The molecule has 0 radical (unpaired) electrons. The molecule has 1 aromatic heterocycles. The van der Waals surface area contributed by atoms with Gasteiger partial charge in [-0.1, -0.05) is 24.1 Å². The highest BCUT2D eigenvalue weighted by molar-refractivity contribution is 7.89. The van der Waals surface area contributed by atoms with Crippen molar-refractivity contribution in [1.82, 2.24) is 9.71 Å². The van der Waals surface area contributed by atoms with Crippen LogP contribution in [0, 0.1) is 11.8 Å². The number of anilines is 1. The molecule has 2 N–H and O–H groups in total. The Labute approximate surface area is 194 Å². The molecule has 1 aliphatic carbocycles. The third-order valence-electron chi connectivity index (χ3n) is 5.42. The lowest BCUT2D eigenvalue weighted by Gasteiger charge is -2.16. The minimum atomic E-state index is -3.66. The Bertz CT molecular complexity index is 1310. The molecule has 0 spiro atoms. The van der Waals surface area contributed by atoms with Crippen molar-refractivity contribution in [3.63, 3.8) is 0 Å². The Morgan fingerprint density at radius 2 is 1.79 bits per heavy atom. The Hall–Kier alpha value is -3.47. The minimum Gasteiger partial charge on any atom is -0.326 e. The summed E-state index contributed by atoms with van der Waals surface area (Å²) in [5, 5.41) is 2.79. The maximum atomic E-state index is 12.6. The summed E-state index contributed by atoms with van der Waals surface area (Å²) in [4.78, 5) is 16.7. The summed E-state index contributed by atoms with van der Waals surface area (Å²) in [6.07, 6.45) is 5.84. The SMILES string of the molecule is O=C(CCNS(=O)(=O)c1ccc2c(c1)CCCC2)Nc1cccc(C#Cc2ccccn2)c1. The van der Waals surface area contributed by atoms with E-state index in [1.807, 2.05) is 30.3 Å². The molecule has 4 rings (SSSR count). The standard InChI is InChI=1S/C26H25N3O3S/c30-26(29-24-10-5-6-20(18-24)11-13-23-9-3-4-16-27-23)15-17-28-33(31,32)25-14-12-21-7-1-2-8-22(21)19-25/h3-6,9-10,12,14,16,18-19,28H,1-2,7-8,15,17H2,(H,29,30). The summed E-state index contributed by atoms with van der Waals surface area (Å²) in [5.41, 5.74) is 4.34. The fraction of sp³-hybridized carbons (Fsp3) is 0.231. The van der Waals surface area contributed by atoms with Crippen molar-refractivity contribution in [3.8, 4) is 11.8 Å². The zero-order chi connectivity index (χ0) is 23.1. The van der Waals surface area contributed by atoms with Gasteiger partial charge < -0.3 is 5.32 Å². The number of nitrogens with zero attached hydrogens (tertiary/aromatic N) is 1. The Morgan fingerprint density at radius 3 is 2.61 bits per heavy atom. The van der Waals surface area contributed by atoms with Crippen molar-refractivity contribution in [2.24, 2.45) is 0 Å². The summed E-state index contributed by atoms with van der Waals surface area (Å²) in [5.74, 6) is 5.72. The lowest BCUT2D eigenvalue weighted by molar-refractivity contribution is -0.116. The van der Waals surface area contributed by atoms with Crippen LogP contribution >= 0.6 is 0 Å². The molecule has 0 fully saturated rings. The van der Waals surface area contributed by atoms with Crippen molar-refractivity contribution >= 4 is 21.6 Å². The second-order valence-corrected chi connectivity index (χ2v) is 9.65. The van der Waals surface area contributed by atoms with Gasteiger partial charge in [0.25, 0.3) is 0 Å². The van der Waals surface area contributed by atoms with Crippen molar-refractivity contribution in [1.29, 1.82) is 0 Å². The fourth-order valence-electron chi connectivity index (χ4n) is 3.73. The largest absolute Gasteiger partial charge is 0.326 e. The number of pyridine rings is 1. The van der Waals surface area contributed by atoms with Gasteiger partial charge in [-0.2, -0.15) is 0 Å². The number of benzene rings is 2. The van der Waals surface area contributed by atoms with Gasteiger partial charge in [0.2, 0.25) is 15.9 Å². The predicted molar refractivity (Wildman–Crippen MR) is 128 cm³/mol. The lowest BCUT2D eigenvalue weighted by atomic mass is 9.92. The highest BCUT2D eigenvalue weighted by Gasteiger charge is 2.17. The highest BCUT2D eigenvalue weighted by Crippen LogP contribution is 2.24.